The molecule has 1 aliphatic rings. The van der Waals surface area contributed by atoms with Crippen LogP contribution in [0.3, 0.4) is 0 Å². The fraction of sp³-hybridized carbons (Fsp3) is 0.520. The van der Waals surface area contributed by atoms with Gasteiger partial charge in [0.2, 0.25) is 11.8 Å². The van der Waals surface area contributed by atoms with Crippen molar-refractivity contribution in [3.63, 3.8) is 0 Å². The molecule has 0 unspecified atom stereocenters. The molecule has 2 amide bonds. The van der Waals surface area contributed by atoms with Gasteiger partial charge in [-0.05, 0) is 50.6 Å². The van der Waals surface area contributed by atoms with Gasteiger partial charge in [0.25, 0.3) is 0 Å². The molecule has 1 aromatic heterocycles. The Bertz CT molecular complexity index is 998. The number of anilines is 1. The van der Waals surface area contributed by atoms with Crippen molar-refractivity contribution in [3.8, 4) is 22.8 Å². The van der Waals surface area contributed by atoms with Crippen molar-refractivity contribution in [3.05, 3.63) is 30.3 Å². The van der Waals surface area contributed by atoms with Crippen LogP contribution in [0.25, 0.3) is 11.3 Å². The van der Waals surface area contributed by atoms with Gasteiger partial charge in [0.15, 0.2) is 17.3 Å². The topological polar surface area (TPSA) is 97.3 Å². The van der Waals surface area contributed by atoms with Gasteiger partial charge in [-0.1, -0.05) is 0 Å². The van der Waals surface area contributed by atoms with Crippen LogP contribution in [-0.4, -0.2) is 98.5 Å². The van der Waals surface area contributed by atoms with Crippen LogP contribution >= 0.6 is 0 Å². The van der Waals surface area contributed by atoms with Crippen molar-refractivity contribution in [2.45, 2.75) is 26.3 Å². The number of carbonyl (C=O) groups is 2. The monoisotopic (exact) mass is 485 g/mol. The van der Waals surface area contributed by atoms with Crippen LogP contribution in [0.4, 0.5) is 5.82 Å². The van der Waals surface area contributed by atoms with Crippen LogP contribution in [0.2, 0.25) is 0 Å². The molecule has 10 nitrogen and oxygen atoms in total. The Morgan fingerprint density at radius 3 is 2.37 bits per heavy atom. The molecule has 1 aromatic carbocycles. The zero-order valence-electron chi connectivity index (χ0n) is 21.2. The van der Waals surface area contributed by atoms with Crippen LogP contribution in [0.15, 0.2) is 30.3 Å². The summed E-state index contributed by atoms with van der Waals surface area (Å²) in [4.78, 5) is 30.8. The van der Waals surface area contributed by atoms with Gasteiger partial charge in [-0.15, -0.1) is 10.2 Å². The Hall–Kier alpha value is -3.40. The van der Waals surface area contributed by atoms with Crippen molar-refractivity contribution in [2.24, 2.45) is 0 Å². The van der Waals surface area contributed by atoms with Crippen molar-refractivity contribution in [1.29, 1.82) is 0 Å². The molecule has 1 aliphatic heterocycles. The number of ether oxygens (including phenoxy) is 3. The first kappa shape index (κ1) is 26.2. The lowest BCUT2D eigenvalue weighted by Crippen LogP contribution is -2.47. The molecule has 3 rings (SSSR count). The van der Waals surface area contributed by atoms with Gasteiger partial charge in [-0.3, -0.25) is 9.59 Å². The summed E-state index contributed by atoms with van der Waals surface area (Å²) in [6.07, 6.45) is 0.804. The van der Waals surface area contributed by atoms with E-state index in [0.29, 0.717) is 31.1 Å². The summed E-state index contributed by atoms with van der Waals surface area (Å²) in [7, 11) is 4.68. The second-order valence-electron chi connectivity index (χ2n) is 8.62. The SMILES string of the molecule is COCC(=O)N(CC(=O)N1CCCN(c2ccc(-c3ccc(OC)c(OC)c3)nn2)CC1)C(C)C. The quantitative estimate of drug-likeness (QED) is 0.533. The van der Waals surface area contributed by atoms with Gasteiger partial charge in [0, 0.05) is 44.9 Å². The van der Waals surface area contributed by atoms with Gasteiger partial charge < -0.3 is 28.9 Å². The Morgan fingerprint density at radius 1 is 0.971 bits per heavy atom. The van der Waals surface area contributed by atoms with Gasteiger partial charge in [-0.2, -0.15) is 0 Å². The smallest absolute Gasteiger partial charge is 0.249 e. The van der Waals surface area contributed by atoms with Crippen molar-refractivity contribution in [1.82, 2.24) is 20.0 Å². The molecule has 1 fully saturated rings. The number of amides is 2. The molecule has 0 spiro atoms. The van der Waals surface area contributed by atoms with E-state index in [1.807, 2.05) is 49.1 Å². The minimum absolute atomic E-state index is 0.0305. The van der Waals surface area contributed by atoms with E-state index in [4.69, 9.17) is 14.2 Å². The molecule has 1 saturated heterocycles. The number of methoxy groups -OCH3 is 3. The molecule has 2 heterocycles. The second-order valence-corrected chi connectivity index (χ2v) is 8.62. The van der Waals surface area contributed by atoms with Gasteiger partial charge in [0.1, 0.15) is 13.2 Å². The fourth-order valence-corrected chi connectivity index (χ4v) is 4.05. The molecule has 0 atom stereocenters. The number of carbonyl (C=O) groups excluding carboxylic acids is 2. The van der Waals surface area contributed by atoms with Crippen molar-refractivity contribution in [2.75, 3.05) is 65.6 Å². The van der Waals surface area contributed by atoms with Gasteiger partial charge >= 0.3 is 0 Å². The average Bonchev–Trinajstić information content (AvgIpc) is 3.13. The van der Waals surface area contributed by atoms with E-state index in [-0.39, 0.29) is 31.0 Å². The fourth-order valence-electron chi connectivity index (χ4n) is 4.05. The number of hydrogen-bond donors (Lipinski definition) is 0. The standard InChI is InChI=1S/C25H35N5O5/c1-18(2)30(25(32)17-33-3)16-24(31)29-12-6-11-28(13-14-29)23-10-8-20(26-27-23)19-7-9-21(34-4)22(15-19)35-5/h7-10,15,18H,6,11-14,16-17H2,1-5H3. The van der Waals surface area contributed by atoms with E-state index in [1.165, 1.54) is 7.11 Å². The largest absolute Gasteiger partial charge is 0.493 e. The predicted octanol–water partition coefficient (Wildman–Crippen LogP) is 2.08. The predicted molar refractivity (Wildman–Crippen MR) is 133 cm³/mol. The first-order chi connectivity index (χ1) is 16.9. The summed E-state index contributed by atoms with van der Waals surface area (Å²) < 4.78 is 15.6. The third-order valence-corrected chi connectivity index (χ3v) is 6.02. The molecule has 10 heteroatoms. The number of rotatable bonds is 9. The van der Waals surface area contributed by atoms with E-state index in [9.17, 15) is 9.59 Å². The Labute approximate surface area is 206 Å². The summed E-state index contributed by atoms with van der Waals surface area (Å²) in [5.74, 6) is 1.82. The average molecular weight is 486 g/mol. The first-order valence-corrected chi connectivity index (χ1v) is 11.7. The molecule has 190 valence electrons. The van der Waals surface area contributed by atoms with Gasteiger partial charge in [0.05, 0.1) is 19.9 Å². The second kappa shape index (κ2) is 12.3. The highest BCUT2D eigenvalue weighted by Gasteiger charge is 2.25. The Morgan fingerprint density at radius 2 is 1.74 bits per heavy atom. The summed E-state index contributed by atoms with van der Waals surface area (Å²) in [6.45, 7) is 6.43. The normalized spacial score (nSPS) is 14.0. The molecule has 0 radical (unpaired) electrons. The molecule has 35 heavy (non-hydrogen) atoms. The Kier molecular flexibility index (Phi) is 9.25. The minimum Gasteiger partial charge on any atom is -0.493 e. The maximum absolute atomic E-state index is 12.9. The highest BCUT2D eigenvalue weighted by atomic mass is 16.5. The number of aromatic nitrogens is 2. The third kappa shape index (κ3) is 6.60. The lowest BCUT2D eigenvalue weighted by Gasteiger charge is -2.29. The maximum Gasteiger partial charge on any atom is 0.249 e. The molecule has 0 bridgehead atoms. The molecule has 2 aromatic rings. The van der Waals surface area contributed by atoms with E-state index in [1.54, 1.807) is 19.1 Å². The lowest BCUT2D eigenvalue weighted by atomic mass is 10.1. The van der Waals surface area contributed by atoms with Crippen LogP contribution in [0.1, 0.15) is 20.3 Å². The Balaban J connectivity index is 1.63. The summed E-state index contributed by atoms with van der Waals surface area (Å²) >= 11 is 0. The zero-order chi connectivity index (χ0) is 25.4. The van der Waals surface area contributed by atoms with E-state index in [0.717, 1.165) is 30.0 Å². The third-order valence-electron chi connectivity index (χ3n) is 6.02. The number of hydrogen-bond acceptors (Lipinski definition) is 8. The summed E-state index contributed by atoms with van der Waals surface area (Å²) in [6, 6.07) is 9.42. The lowest BCUT2D eigenvalue weighted by molar-refractivity contribution is -0.144. The molecule has 0 N–H and O–H groups in total. The highest BCUT2D eigenvalue weighted by molar-refractivity contribution is 5.85. The minimum atomic E-state index is -0.183. The van der Waals surface area contributed by atoms with E-state index < -0.39 is 0 Å². The van der Waals surface area contributed by atoms with Crippen molar-refractivity contribution >= 4 is 17.6 Å². The first-order valence-electron chi connectivity index (χ1n) is 11.7. The molecular formula is C25H35N5O5. The van der Waals surface area contributed by atoms with Crippen LogP contribution in [-0.2, 0) is 14.3 Å². The van der Waals surface area contributed by atoms with Crippen LogP contribution < -0.4 is 14.4 Å². The zero-order valence-corrected chi connectivity index (χ0v) is 21.2. The number of nitrogens with zero attached hydrogens (tertiary/aromatic N) is 5. The summed E-state index contributed by atoms with van der Waals surface area (Å²) in [5.41, 5.74) is 1.61. The van der Waals surface area contributed by atoms with Gasteiger partial charge in [-0.25, -0.2) is 0 Å². The van der Waals surface area contributed by atoms with E-state index in [2.05, 4.69) is 15.1 Å². The summed E-state index contributed by atoms with van der Waals surface area (Å²) in [5, 5.41) is 8.85. The van der Waals surface area contributed by atoms with Crippen molar-refractivity contribution < 1.29 is 23.8 Å². The molecule has 0 aliphatic carbocycles. The molecule has 0 saturated carbocycles. The van der Waals surface area contributed by atoms with E-state index >= 15 is 0 Å². The highest BCUT2D eigenvalue weighted by Crippen LogP contribution is 2.31. The molecular weight excluding hydrogens is 450 g/mol. The maximum atomic E-state index is 12.9. The van der Waals surface area contributed by atoms with Crippen LogP contribution in [0.5, 0.6) is 11.5 Å². The number of benzene rings is 1. The van der Waals surface area contributed by atoms with Crippen LogP contribution in [0, 0.1) is 0 Å².